The fourth-order valence-corrected chi connectivity index (χ4v) is 3.13. The minimum Gasteiger partial charge on any atom is -0.283 e. The van der Waals surface area contributed by atoms with Gasteiger partial charge in [0.25, 0.3) is 0 Å². The summed E-state index contributed by atoms with van der Waals surface area (Å²) in [5.41, 5.74) is 3.78. The van der Waals surface area contributed by atoms with E-state index in [0.717, 1.165) is 33.6 Å². The molecule has 26 heavy (non-hydrogen) atoms. The number of hydrogen-bond donors (Lipinski definition) is 0. The largest absolute Gasteiger partial charge is 0.283 e. The maximum absolute atomic E-state index is 4.83. The van der Waals surface area contributed by atoms with E-state index in [0.29, 0.717) is 0 Å². The molecule has 0 unspecified atom stereocenters. The Morgan fingerprint density at radius 3 is 2.50 bits per heavy atom. The van der Waals surface area contributed by atoms with Crippen molar-refractivity contribution in [3.8, 4) is 0 Å². The van der Waals surface area contributed by atoms with Gasteiger partial charge >= 0.3 is 0 Å². The number of aryl methyl sites for hydroxylation is 1. The van der Waals surface area contributed by atoms with Crippen LogP contribution in [0.5, 0.6) is 0 Å². The van der Waals surface area contributed by atoms with Crippen molar-refractivity contribution >= 4 is 27.9 Å². The molecule has 0 bridgehead atoms. The van der Waals surface area contributed by atoms with Gasteiger partial charge in [-0.1, -0.05) is 57.2 Å². The molecule has 0 spiro atoms. The van der Waals surface area contributed by atoms with Crippen LogP contribution < -0.4 is 0 Å². The quantitative estimate of drug-likeness (QED) is 0.383. The molecular formula is C22H22N4. The van der Waals surface area contributed by atoms with Gasteiger partial charge < -0.3 is 0 Å². The minimum absolute atomic E-state index is 0.118. The molecular weight excluding hydrogens is 320 g/mol. The molecule has 0 radical (unpaired) electrons. The molecule has 0 aliphatic heterocycles. The second kappa shape index (κ2) is 6.06. The van der Waals surface area contributed by atoms with Crippen molar-refractivity contribution in [2.45, 2.75) is 33.1 Å². The third-order valence-electron chi connectivity index (χ3n) is 4.49. The molecule has 0 atom stereocenters. The Balaban J connectivity index is 1.89. The molecule has 4 heteroatoms. The van der Waals surface area contributed by atoms with E-state index in [1.165, 1.54) is 5.56 Å². The Hall–Kier alpha value is -3.01. The van der Waals surface area contributed by atoms with E-state index in [1.807, 2.05) is 34.9 Å². The van der Waals surface area contributed by atoms with Crippen LogP contribution in [0, 0.1) is 6.92 Å². The summed E-state index contributed by atoms with van der Waals surface area (Å²) in [6, 6.07) is 18.5. The monoisotopic (exact) mass is 342 g/mol. The summed E-state index contributed by atoms with van der Waals surface area (Å²) in [5, 5.41) is 11.5. The van der Waals surface area contributed by atoms with Crippen molar-refractivity contribution < 1.29 is 0 Å². The highest BCUT2D eigenvalue weighted by atomic mass is 15.2. The van der Waals surface area contributed by atoms with E-state index in [-0.39, 0.29) is 5.41 Å². The summed E-state index contributed by atoms with van der Waals surface area (Å²) in [6.07, 6.45) is 2.02. The Kier molecular flexibility index (Phi) is 3.83. The van der Waals surface area contributed by atoms with Crippen molar-refractivity contribution in [1.29, 1.82) is 0 Å². The topological polar surface area (TPSA) is 42.0 Å². The van der Waals surface area contributed by atoms with E-state index in [4.69, 9.17) is 4.98 Å². The van der Waals surface area contributed by atoms with Crippen LogP contribution in [0.25, 0.3) is 16.4 Å². The number of hydrogen-bond acceptors (Lipinski definition) is 3. The number of rotatable bonds is 2. The average molecular weight is 342 g/mol. The van der Waals surface area contributed by atoms with Crippen molar-refractivity contribution in [3.05, 3.63) is 72.1 Å². The number of azo groups is 1. The first-order chi connectivity index (χ1) is 12.4. The zero-order valence-corrected chi connectivity index (χ0v) is 15.6. The molecule has 0 N–H and O–H groups in total. The number of nitrogens with zero attached hydrogens (tertiary/aromatic N) is 4. The third-order valence-corrected chi connectivity index (χ3v) is 4.49. The van der Waals surface area contributed by atoms with E-state index >= 15 is 0 Å². The molecule has 2 aromatic heterocycles. The fraction of sp³-hybridized carbons (Fsp3) is 0.227. The van der Waals surface area contributed by atoms with Gasteiger partial charge in [-0.05, 0) is 36.1 Å². The van der Waals surface area contributed by atoms with Gasteiger partial charge in [-0.15, -0.1) is 10.2 Å². The maximum Gasteiger partial charge on any atom is 0.183 e. The van der Waals surface area contributed by atoms with Gasteiger partial charge in [0.2, 0.25) is 0 Å². The average Bonchev–Trinajstić information content (AvgIpc) is 2.98. The van der Waals surface area contributed by atoms with Gasteiger partial charge in [-0.25, -0.2) is 4.98 Å². The Labute approximate surface area is 153 Å². The fourth-order valence-electron chi connectivity index (χ4n) is 3.13. The number of aromatic nitrogens is 2. The van der Waals surface area contributed by atoms with Crippen LogP contribution in [-0.4, -0.2) is 9.38 Å². The van der Waals surface area contributed by atoms with Gasteiger partial charge in [0.05, 0.1) is 11.4 Å². The smallest absolute Gasteiger partial charge is 0.183 e. The summed E-state index contributed by atoms with van der Waals surface area (Å²) < 4.78 is 2.02. The van der Waals surface area contributed by atoms with Crippen LogP contribution in [-0.2, 0) is 5.41 Å². The van der Waals surface area contributed by atoms with Crippen LogP contribution in [0.4, 0.5) is 11.5 Å². The molecule has 2 heterocycles. The van der Waals surface area contributed by atoms with Crippen molar-refractivity contribution in [1.82, 2.24) is 9.38 Å². The number of benzene rings is 2. The summed E-state index contributed by atoms with van der Waals surface area (Å²) >= 11 is 0. The lowest BCUT2D eigenvalue weighted by Crippen LogP contribution is -2.11. The molecule has 0 saturated carbocycles. The zero-order valence-electron chi connectivity index (χ0n) is 15.6. The lowest BCUT2D eigenvalue weighted by Gasteiger charge is -2.15. The predicted molar refractivity (Wildman–Crippen MR) is 107 cm³/mol. The van der Waals surface area contributed by atoms with Crippen LogP contribution in [0.15, 0.2) is 71.0 Å². The van der Waals surface area contributed by atoms with Crippen LogP contribution in [0.1, 0.15) is 32.0 Å². The van der Waals surface area contributed by atoms with E-state index in [1.54, 1.807) is 0 Å². The highest BCUT2D eigenvalue weighted by Crippen LogP contribution is 2.34. The summed E-state index contributed by atoms with van der Waals surface area (Å²) in [6.45, 7) is 8.53. The standard InChI is InChI=1S/C22H22N4/c1-15-12-13-26-19(14-15)23-20(22(2,3)4)21(26)25-24-18-11-7-9-16-8-5-6-10-17(16)18/h5-14H,1-4H3. The summed E-state index contributed by atoms with van der Waals surface area (Å²) in [5.74, 6) is 0.792. The van der Waals surface area contributed by atoms with Crippen LogP contribution in [0.2, 0.25) is 0 Å². The highest BCUT2D eigenvalue weighted by Gasteiger charge is 2.24. The molecule has 0 amide bonds. The predicted octanol–water partition coefficient (Wildman–Crippen LogP) is 6.51. The Morgan fingerprint density at radius 2 is 1.69 bits per heavy atom. The number of pyridine rings is 1. The van der Waals surface area contributed by atoms with Gasteiger partial charge in [0, 0.05) is 17.0 Å². The van der Waals surface area contributed by atoms with Crippen LogP contribution >= 0.6 is 0 Å². The molecule has 4 nitrogen and oxygen atoms in total. The highest BCUT2D eigenvalue weighted by molar-refractivity contribution is 5.92. The lowest BCUT2D eigenvalue weighted by molar-refractivity contribution is 0.574. The van der Waals surface area contributed by atoms with Crippen molar-refractivity contribution in [2.24, 2.45) is 10.2 Å². The molecule has 4 aromatic rings. The lowest BCUT2D eigenvalue weighted by atomic mass is 9.92. The van der Waals surface area contributed by atoms with Gasteiger partial charge in [-0.2, -0.15) is 0 Å². The van der Waals surface area contributed by atoms with E-state index in [2.05, 4.69) is 68.3 Å². The molecule has 2 aromatic carbocycles. The first-order valence-corrected chi connectivity index (χ1v) is 8.82. The Morgan fingerprint density at radius 1 is 0.923 bits per heavy atom. The second-order valence-corrected chi connectivity index (χ2v) is 7.66. The van der Waals surface area contributed by atoms with Gasteiger partial charge in [-0.3, -0.25) is 4.40 Å². The number of fused-ring (bicyclic) bond motifs is 2. The summed E-state index contributed by atoms with van der Waals surface area (Å²) in [4.78, 5) is 4.83. The SMILES string of the molecule is Cc1ccn2c(N=Nc3cccc4ccccc34)c(C(C)(C)C)nc2c1. The second-order valence-electron chi connectivity index (χ2n) is 7.66. The normalized spacial score (nSPS) is 12.5. The van der Waals surface area contributed by atoms with Gasteiger partial charge in [0.15, 0.2) is 5.82 Å². The van der Waals surface area contributed by atoms with Crippen molar-refractivity contribution in [2.75, 3.05) is 0 Å². The molecule has 0 saturated heterocycles. The molecule has 130 valence electrons. The first kappa shape index (κ1) is 16.5. The van der Waals surface area contributed by atoms with Crippen LogP contribution in [0.3, 0.4) is 0 Å². The van der Waals surface area contributed by atoms with E-state index < -0.39 is 0 Å². The number of imidazole rings is 1. The first-order valence-electron chi connectivity index (χ1n) is 8.82. The van der Waals surface area contributed by atoms with Crippen molar-refractivity contribution in [3.63, 3.8) is 0 Å². The molecule has 4 rings (SSSR count). The molecule has 0 aliphatic rings. The van der Waals surface area contributed by atoms with Gasteiger partial charge in [0.1, 0.15) is 5.65 Å². The maximum atomic E-state index is 4.83. The molecule has 0 fully saturated rings. The third kappa shape index (κ3) is 2.88. The minimum atomic E-state index is -0.118. The molecule has 0 aliphatic carbocycles. The Bertz CT molecular complexity index is 1120. The van der Waals surface area contributed by atoms with E-state index in [9.17, 15) is 0 Å². The zero-order chi connectivity index (χ0) is 18.3. The summed E-state index contributed by atoms with van der Waals surface area (Å²) in [7, 11) is 0.